The first kappa shape index (κ1) is 15.4. The summed E-state index contributed by atoms with van der Waals surface area (Å²) in [6, 6.07) is 6.87. The van der Waals surface area contributed by atoms with Crippen molar-refractivity contribution < 1.29 is 9.18 Å². The molecule has 0 spiro atoms. The molecule has 0 saturated carbocycles. The van der Waals surface area contributed by atoms with Crippen LogP contribution in [0.2, 0.25) is 0 Å². The zero-order valence-corrected chi connectivity index (χ0v) is 13.0. The Morgan fingerprint density at radius 2 is 2.09 bits per heavy atom. The van der Waals surface area contributed by atoms with E-state index in [1.54, 1.807) is 12.1 Å². The van der Waals surface area contributed by atoms with Crippen LogP contribution in [0.5, 0.6) is 0 Å². The van der Waals surface area contributed by atoms with Gasteiger partial charge in [0.2, 0.25) is 5.91 Å². The molecule has 0 aromatic heterocycles. The van der Waals surface area contributed by atoms with Crippen molar-refractivity contribution >= 4 is 5.91 Å². The average molecular weight is 305 g/mol. The molecule has 2 heterocycles. The van der Waals surface area contributed by atoms with E-state index in [0.29, 0.717) is 6.04 Å². The molecule has 0 bridgehead atoms. The van der Waals surface area contributed by atoms with E-state index in [-0.39, 0.29) is 23.8 Å². The van der Waals surface area contributed by atoms with Crippen LogP contribution in [0.1, 0.15) is 50.6 Å². The predicted octanol–water partition coefficient (Wildman–Crippen LogP) is 2.52. The van der Waals surface area contributed by atoms with Gasteiger partial charge in [-0.15, -0.1) is 0 Å². The Balaban J connectivity index is 1.68. The van der Waals surface area contributed by atoms with Crippen LogP contribution in [0.25, 0.3) is 0 Å². The second-order valence-corrected chi connectivity index (χ2v) is 6.30. The lowest BCUT2D eigenvalue weighted by molar-refractivity contribution is -0.134. The van der Waals surface area contributed by atoms with Crippen LogP contribution in [0.15, 0.2) is 24.3 Å². The molecule has 2 fully saturated rings. The highest BCUT2D eigenvalue weighted by Gasteiger charge is 2.37. The third-order valence-electron chi connectivity index (χ3n) is 4.71. The fourth-order valence-corrected chi connectivity index (χ4v) is 3.58. The molecule has 1 aromatic carbocycles. The van der Waals surface area contributed by atoms with Gasteiger partial charge in [0.05, 0.1) is 6.04 Å². The minimum atomic E-state index is -0.233. The first-order chi connectivity index (χ1) is 10.7. The van der Waals surface area contributed by atoms with E-state index in [4.69, 9.17) is 0 Å². The maximum absolute atomic E-state index is 13.1. The Morgan fingerprint density at radius 3 is 2.82 bits per heavy atom. The molecular formula is C17H24FN3O. The topological polar surface area (TPSA) is 44.4 Å². The summed E-state index contributed by atoms with van der Waals surface area (Å²) in [6.07, 6.45) is 5.00. The maximum Gasteiger partial charge on any atom is 0.241 e. The first-order valence-electron chi connectivity index (χ1n) is 8.26. The smallest absolute Gasteiger partial charge is 0.241 e. The van der Waals surface area contributed by atoms with E-state index in [1.807, 2.05) is 4.90 Å². The lowest BCUT2D eigenvalue weighted by Gasteiger charge is -2.27. The largest absolute Gasteiger partial charge is 0.334 e. The van der Waals surface area contributed by atoms with Gasteiger partial charge in [-0.3, -0.25) is 10.2 Å². The lowest BCUT2D eigenvalue weighted by atomic mass is 10.0. The summed E-state index contributed by atoms with van der Waals surface area (Å²) in [6.45, 7) is 2.94. The van der Waals surface area contributed by atoms with Crippen LogP contribution in [0.4, 0.5) is 4.39 Å². The molecule has 2 saturated heterocycles. The Bertz CT molecular complexity index is 519. The van der Waals surface area contributed by atoms with Gasteiger partial charge in [-0.05, 0) is 43.4 Å². The number of nitrogens with zero attached hydrogens (tertiary/aromatic N) is 1. The van der Waals surface area contributed by atoms with Crippen molar-refractivity contribution in [2.24, 2.45) is 0 Å². The lowest BCUT2D eigenvalue weighted by Crippen LogP contribution is -2.45. The van der Waals surface area contributed by atoms with Crippen molar-refractivity contribution in [2.45, 2.75) is 57.2 Å². The fraction of sp³-hybridized carbons (Fsp3) is 0.588. The minimum absolute atomic E-state index is 0.0834. The zero-order valence-electron chi connectivity index (χ0n) is 13.0. The molecule has 3 unspecified atom stereocenters. The molecule has 5 heteroatoms. The quantitative estimate of drug-likeness (QED) is 0.898. The Morgan fingerprint density at radius 1 is 1.32 bits per heavy atom. The van der Waals surface area contributed by atoms with Gasteiger partial charge in [-0.2, -0.15) is 0 Å². The molecule has 1 amide bonds. The van der Waals surface area contributed by atoms with Gasteiger partial charge < -0.3 is 4.90 Å². The first-order valence-corrected chi connectivity index (χ1v) is 8.26. The predicted molar refractivity (Wildman–Crippen MR) is 83.5 cm³/mol. The molecule has 2 aliphatic rings. The van der Waals surface area contributed by atoms with Crippen LogP contribution >= 0.6 is 0 Å². The third kappa shape index (κ3) is 3.15. The average Bonchev–Trinajstić information content (AvgIpc) is 3.17. The Kier molecular flexibility index (Phi) is 4.74. The van der Waals surface area contributed by atoms with Gasteiger partial charge >= 0.3 is 0 Å². The molecule has 3 atom stereocenters. The summed E-state index contributed by atoms with van der Waals surface area (Å²) in [7, 11) is 0. The molecule has 0 aliphatic carbocycles. The molecule has 4 nitrogen and oxygen atoms in total. The zero-order chi connectivity index (χ0) is 15.5. The van der Waals surface area contributed by atoms with Crippen molar-refractivity contribution in [1.29, 1.82) is 0 Å². The molecular weight excluding hydrogens is 281 g/mol. The molecule has 0 radical (unpaired) electrons. The summed E-state index contributed by atoms with van der Waals surface area (Å²) < 4.78 is 13.1. The van der Waals surface area contributed by atoms with Gasteiger partial charge in [-0.25, -0.2) is 9.82 Å². The van der Waals surface area contributed by atoms with Crippen LogP contribution in [0.3, 0.4) is 0 Å². The number of likely N-dealkylation sites (tertiary alicyclic amines) is 1. The van der Waals surface area contributed by atoms with E-state index < -0.39 is 0 Å². The van der Waals surface area contributed by atoms with E-state index >= 15 is 0 Å². The summed E-state index contributed by atoms with van der Waals surface area (Å²) in [5.74, 6) is -0.0679. The van der Waals surface area contributed by atoms with Crippen molar-refractivity contribution in [3.8, 4) is 0 Å². The van der Waals surface area contributed by atoms with Gasteiger partial charge in [-0.1, -0.05) is 25.5 Å². The number of hydrogen-bond donors (Lipinski definition) is 2. The van der Waals surface area contributed by atoms with Crippen LogP contribution in [0, 0.1) is 5.82 Å². The third-order valence-corrected chi connectivity index (χ3v) is 4.71. The number of hydrogen-bond acceptors (Lipinski definition) is 3. The Hall–Kier alpha value is -1.46. The van der Waals surface area contributed by atoms with Crippen molar-refractivity contribution in [3.05, 3.63) is 35.6 Å². The van der Waals surface area contributed by atoms with E-state index in [1.165, 1.54) is 12.1 Å². The van der Waals surface area contributed by atoms with Gasteiger partial charge in [0.1, 0.15) is 11.9 Å². The van der Waals surface area contributed by atoms with Gasteiger partial charge in [0.15, 0.2) is 0 Å². The molecule has 3 rings (SSSR count). The summed E-state index contributed by atoms with van der Waals surface area (Å²) in [5, 5.41) is 0. The van der Waals surface area contributed by atoms with Crippen molar-refractivity contribution in [1.82, 2.24) is 15.8 Å². The Labute approximate surface area is 131 Å². The molecule has 2 aliphatic heterocycles. The molecule has 22 heavy (non-hydrogen) atoms. The summed E-state index contributed by atoms with van der Waals surface area (Å²) in [5.41, 5.74) is 7.41. The van der Waals surface area contributed by atoms with Gasteiger partial charge in [0, 0.05) is 12.6 Å². The fourth-order valence-electron chi connectivity index (χ4n) is 3.58. The number of rotatable bonds is 4. The van der Waals surface area contributed by atoms with Gasteiger partial charge in [0.25, 0.3) is 0 Å². The SMILES string of the molecule is CCCC1CC(C(=O)N2CCCC2c2ccc(F)cc2)NN1. The monoisotopic (exact) mass is 305 g/mol. The number of amides is 1. The van der Waals surface area contributed by atoms with Crippen LogP contribution in [-0.4, -0.2) is 29.4 Å². The van der Waals surface area contributed by atoms with E-state index in [2.05, 4.69) is 17.8 Å². The maximum atomic E-state index is 13.1. The highest BCUT2D eigenvalue weighted by atomic mass is 19.1. The minimum Gasteiger partial charge on any atom is -0.334 e. The highest BCUT2D eigenvalue weighted by molar-refractivity contribution is 5.83. The number of halogens is 1. The molecule has 120 valence electrons. The number of hydrazine groups is 1. The second kappa shape index (κ2) is 6.75. The number of nitrogens with one attached hydrogen (secondary N) is 2. The van der Waals surface area contributed by atoms with Crippen molar-refractivity contribution in [3.63, 3.8) is 0 Å². The second-order valence-electron chi connectivity index (χ2n) is 6.30. The van der Waals surface area contributed by atoms with Crippen LogP contribution in [-0.2, 0) is 4.79 Å². The van der Waals surface area contributed by atoms with E-state index in [0.717, 1.165) is 44.2 Å². The normalized spacial score (nSPS) is 28.3. The summed E-state index contributed by atoms with van der Waals surface area (Å²) >= 11 is 0. The van der Waals surface area contributed by atoms with Crippen molar-refractivity contribution in [2.75, 3.05) is 6.54 Å². The summed E-state index contributed by atoms with van der Waals surface area (Å²) in [4.78, 5) is 14.8. The van der Waals surface area contributed by atoms with Crippen LogP contribution < -0.4 is 10.9 Å². The number of carbonyl (C=O) groups is 1. The number of carbonyl (C=O) groups excluding carboxylic acids is 1. The standard InChI is InChI=1S/C17H24FN3O/c1-2-4-14-11-15(20-19-14)17(22)21-10-3-5-16(21)12-6-8-13(18)9-7-12/h6-9,14-16,19-20H,2-5,10-11H2,1H3. The number of benzene rings is 1. The highest BCUT2D eigenvalue weighted by Crippen LogP contribution is 2.33. The van der Waals surface area contributed by atoms with E-state index in [9.17, 15) is 9.18 Å². The molecule has 1 aromatic rings. The molecule has 2 N–H and O–H groups in total.